The summed E-state index contributed by atoms with van der Waals surface area (Å²) < 4.78 is 5.32. The van der Waals surface area contributed by atoms with Crippen molar-refractivity contribution >= 4 is 23.0 Å². The Labute approximate surface area is 94.0 Å². The van der Waals surface area contributed by atoms with Crippen LogP contribution in [0.25, 0.3) is 0 Å². The quantitative estimate of drug-likeness (QED) is 0.687. The van der Waals surface area contributed by atoms with Gasteiger partial charge in [0, 0.05) is 11.4 Å². The van der Waals surface area contributed by atoms with E-state index in [1.165, 1.54) is 0 Å². The van der Waals surface area contributed by atoms with Gasteiger partial charge in [0.05, 0.1) is 18.2 Å². The summed E-state index contributed by atoms with van der Waals surface area (Å²) in [5.41, 5.74) is 13.1. The highest BCUT2D eigenvalue weighted by atomic mass is 16.5. The van der Waals surface area contributed by atoms with Crippen LogP contribution in [0.4, 0.5) is 17.1 Å². The minimum absolute atomic E-state index is 0.0382. The molecule has 0 spiro atoms. The van der Waals surface area contributed by atoms with Gasteiger partial charge >= 0.3 is 0 Å². The third kappa shape index (κ3) is 1.94. The van der Waals surface area contributed by atoms with Crippen molar-refractivity contribution in [1.29, 1.82) is 0 Å². The first-order chi connectivity index (χ1) is 7.58. The summed E-state index contributed by atoms with van der Waals surface area (Å²) in [6.07, 6.45) is 0. The summed E-state index contributed by atoms with van der Waals surface area (Å²) in [6, 6.07) is 5.09. The molecule has 1 atom stereocenters. The molecule has 1 heterocycles. The van der Waals surface area contributed by atoms with E-state index in [9.17, 15) is 4.79 Å². The molecule has 1 aliphatic heterocycles. The van der Waals surface area contributed by atoms with Crippen LogP contribution in [0.2, 0.25) is 0 Å². The van der Waals surface area contributed by atoms with Crippen molar-refractivity contribution in [3.8, 4) is 0 Å². The molecular formula is C11H15N3O2. The molecule has 1 aromatic carbocycles. The van der Waals surface area contributed by atoms with Gasteiger partial charge in [-0.25, -0.2) is 0 Å². The number of carbonyl (C=O) groups excluding carboxylic acids is 1. The number of nitrogen functional groups attached to an aromatic ring is 2. The molecule has 16 heavy (non-hydrogen) atoms. The SMILES string of the molecule is CC1COCN(c2cc(N)cc(N)c2)C1=O. The van der Waals surface area contributed by atoms with Crippen molar-refractivity contribution in [2.75, 3.05) is 29.7 Å². The fourth-order valence-corrected chi connectivity index (χ4v) is 1.74. The molecule has 0 radical (unpaired) electrons. The van der Waals surface area contributed by atoms with E-state index >= 15 is 0 Å². The summed E-state index contributed by atoms with van der Waals surface area (Å²) in [6.45, 7) is 2.56. The Kier molecular flexibility index (Phi) is 2.70. The molecule has 1 aliphatic rings. The number of rotatable bonds is 1. The zero-order valence-electron chi connectivity index (χ0n) is 9.14. The van der Waals surface area contributed by atoms with Gasteiger partial charge in [-0.15, -0.1) is 0 Å². The van der Waals surface area contributed by atoms with E-state index in [-0.39, 0.29) is 18.6 Å². The van der Waals surface area contributed by atoms with Gasteiger partial charge in [0.1, 0.15) is 6.73 Å². The minimum atomic E-state index is -0.128. The topological polar surface area (TPSA) is 81.6 Å². The third-order valence-electron chi connectivity index (χ3n) is 2.55. The zero-order chi connectivity index (χ0) is 11.7. The Morgan fingerprint density at radius 2 is 1.94 bits per heavy atom. The molecule has 2 rings (SSSR count). The van der Waals surface area contributed by atoms with E-state index in [0.717, 1.165) is 0 Å². The van der Waals surface area contributed by atoms with Crippen LogP contribution in [-0.4, -0.2) is 19.2 Å². The second-order valence-corrected chi connectivity index (χ2v) is 4.03. The minimum Gasteiger partial charge on any atom is -0.399 e. The van der Waals surface area contributed by atoms with Crippen LogP contribution in [-0.2, 0) is 9.53 Å². The monoisotopic (exact) mass is 221 g/mol. The second kappa shape index (κ2) is 4.02. The fraction of sp³-hybridized carbons (Fsp3) is 0.364. The third-order valence-corrected chi connectivity index (χ3v) is 2.55. The first-order valence-electron chi connectivity index (χ1n) is 5.13. The van der Waals surface area contributed by atoms with Gasteiger partial charge in [0.15, 0.2) is 0 Å². The van der Waals surface area contributed by atoms with E-state index in [4.69, 9.17) is 16.2 Å². The Hall–Kier alpha value is -1.75. The van der Waals surface area contributed by atoms with Crippen LogP contribution in [0.5, 0.6) is 0 Å². The van der Waals surface area contributed by atoms with Crippen molar-refractivity contribution < 1.29 is 9.53 Å². The lowest BCUT2D eigenvalue weighted by atomic mass is 10.1. The largest absolute Gasteiger partial charge is 0.399 e. The normalized spacial score (nSPS) is 21.2. The molecule has 0 aliphatic carbocycles. The Bertz CT molecular complexity index is 399. The van der Waals surface area contributed by atoms with Gasteiger partial charge in [-0.3, -0.25) is 9.69 Å². The average molecular weight is 221 g/mol. The number of carbonyl (C=O) groups is 1. The standard InChI is InChI=1S/C11H15N3O2/c1-7-5-16-6-14(11(7)15)10-3-8(12)2-9(13)4-10/h2-4,7H,5-6,12-13H2,1H3. The van der Waals surface area contributed by atoms with Crippen LogP contribution >= 0.6 is 0 Å². The predicted octanol–water partition coefficient (Wildman–Crippen LogP) is 0.808. The summed E-state index contributed by atoms with van der Waals surface area (Å²) >= 11 is 0. The van der Waals surface area contributed by atoms with Crippen LogP contribution in [0, 0.1) is 5.92 Å². The van der Waals surface area contributed by atoms with Gasteiger partial charge < -0.3 is 16.2 Å². The Morgan fingerprint density at radius 1 is 1.31 bits per heavy atom. The molecule has 4 N–H and O–H groups in total. The van der Waals surface area contributed by atoms with E-state index in [1.807, 2.05) is 6.92 Å². The molecule has 1 amide bonds. The Balaban J connectivity index is 2.32. The van der Waals surface area contributed by atoms with Gasteiger partial charge in [0.25, 0.3) is 0 Å². The molecule has 0 bridgehead atoms. The number of benzene rings is 1. The van der Waals surface area contributed by atoms with Crippen LogP contribution < -0.4 is 16.4 Å². The molecule has 86 valence electrons. The van der Waals surface area contributed by atoms with Crippen molar-refractivity contribution in [2.45, 2.75) is 6.92 Å². The summed E-state index contributed by atoms with van der Waals surface area (Å²) in [4.78, 5) is 13.5. The zero-order valence-corrected chi connectivity index (χ0v) is 9.14. The molecule has 5 heteroatoms. The number of hydrogen-bond donors (Lipinski definition) is 2. The van der Waals surface area contributed by atoms with Gasteiger partial charge in [0.2, 0.25) is 5.91 Å². The van der Waals surface area contributed by atoms with Crippen LogP contribution in [0.3, 0.4) is 0 Å². The smallest absolute Gasteiger partial charge is 0.234 e. The van der Waals surface area contributed by atoms with Crippen molar-refractivity contribution in [3.05, 3.63) is 18.2 Å². The fourth-order valence-electron chi connectivity index (χ4n) is 1.74. The number of ether oxygens (including phenoxy) is 1. The maximum Gasteiger partial charge on any atom is 0.234 e. The van der Waals surface area contributed by atoms with Gasteiger partial charge in [-0.05, 0) is 18.2 Å². The van der Waals surface area contributed by atoms with Crippen LogP contribution in [0.1, 0.15) is 6.92 Å². The first-order valence-corrected chi connectivity index (χ1v) is 5.13. The molecular weight excluding hydrogens is 206 g/mol. The molecule has 0 aromatic heterocycles. The maximum atomic E-state index is 11.9. The second-order valence-electron chi connectivity index (χ2n) is 4.03. The molecule has 1 fully saturated rings. The lowest BCUT2D eigenvalue weighted by molar-refractivity contribution is -0.129. The van der Waals surface area contributed by atoms with E-state index in [0.29, 0.717) is 23.7 Å². The van der Waals surface area contributed by atoms with Crippen molar-refractivity contribution in [1.82, 2.24) is 0 Å². The summed E-state index contributed by atoms with van der Waals surface area (Å²) in [5.74, 6) is -0.0901. The first kappa shape index (κ1) is 10.8. The number of nitrogens with zero attached hydrogens (tertiary/aromatic N) is 1. The maximum absolute atomic E-state index is 11.9. The van der Waals surface area contributed by atoms with E-state index in [2.05, 4.69) is 0 Å². The van der Waals surface area contributed by atoms with Crippen molar-refractivity contribution in [2.24, 2.45) is 5.92 Å². The highest BCUT2D eigenvalue weighted by Crippen LogP contribution is 2.25. The van der Waals surface area contributed by atoms with Gasteiger partial charge in [-0.2, -0.15) is 0 Å². The average Bonchev–Trinajstić information content (AvgIpc) is 2.20. The molecule has 5 nitrogen and oxygen atoms in total. The number of nitrogens with two attached hydrogens (primary N) is 2. The molecule has 1 aromatic rings. The lowest BCUT2D eigenvalue weighted by Gasteiger charge is -2.30. The van der Waals surface area contributed by atoms with E-state index < -0.39 is 0 Å². The van der Waals surface area contributed by atoms with E-state index in [1.54, 1.807) is 23.1 Å². The molecule has 1 unspecified atom stereocenters. The number of anilines is 3. The predicted molar refractivity (Wildman–Crippen MR) is 62.7 cm³/mol. The number of amides is 1. The lowest BCUT2D eigenvalue weighted by Crippen LogP contribution is -2.43. The summed E-state index contributed by atoms with van der Waals surface area (Å²) in [5, 5.41) is 0. The highest BCUT2D eigenvalue weighted by molar-refractivity contribution is 5.96. The number of hydrogen-bond acceptors (Lipinski definition) is 4. The highest BCUT2D eigenvalue weighted by Gasteiger charge is 2.27. The molecule has 1 saturated heterocycles. The summed E-state index contributed by atoms with van der Waals surface area (Å²) in [7, 11) is 0. The Morgan fingerprint density at radius 3 is 2.56 bits per heavy atom. The molecule has 0 saturated carbocycles. The van der Waals surface area contributed by atoms with Gasteiger partial charge in [-0.1, -0.05) is 6.92 Å². The van der Waals surface area contributed by atoms with Crippen molar-refractivity contribution in [3.63, 3.8) is 0 Å². The van der Waals surface area contributed by atoms with Crippen LogP contribution in [0.15, 0.2) is 18.2 Å².